The number of hydrogen-bond donors (Lipinski definition) is 1. The van der Waals surface area contributed by atoms with Crippen LogP contribution in [-0.2, 0) is 26.5 Å². The minimum Gasteiger partial charge on any atom is -0.466 e. The van der Waals surface area contributed by atoms with Crippen LogP contribution in [-0.4, -0.2) is 44.4 Å². The quantitative estimate of drug-likeness (QED) is 0.246. The average molecular weight is 508 g/mol. The number of carbonyl (C=O) groups is 2. The Kier molecular flexibility index (Phi) is 7.73. The van der Waals surface area contributed by atoms with Gasteiger partial charge in [0.1, 0.15) is 0 Å². The molecule has 32 heavy (non-hydrogen) atoms. The first-order valence-electron chi connectivity index (χ1n) is 9.42. The minimum absolute atomic E-state index is 0.0781. The molecule has 0 aliphatic rings. The Morgan fingerprint density at radius 1 is 1.19 bits per heavy atom. The second kappa shape index (κ2) is 10.9. The number of fused-ring (bicyclic) bond motifs is 1. The monoisotopic (exact) mass is 507 g/mol. The van der Waals surface area contributed by atoms with E-state index in [1.165, 1.54) is 23.1 Å². The molecule has 3 aromatic heterocycles. The summed E-state index contributed by atoms with van der Waals surface area (Å²) in [6.07, 6.45) is 0.0781. The van der Waals surface area contributed by atoms with Gasteiger partial charge in [-0.15, -0.1) is 32.9 Å². The molecule has 4 rings (SSSR count). The highest BCUT2D eigenvalue weighted by Gasteiger charge is 2.14. The molecule has 0 saturated heterocycles. The number of carbonyl (C=O) groups excluding carboxylic acids is 2. The number of amides is 1. The maximum absolute atomic E-state index is 12.2. The molecule has 0 spiro atoms. The van der Waals surface area contributed by atoms with Crippen molar-refractivity contribution in [3.05, 3.63) is 41.2 Å². The summed E-state index contributed by atoms with van der Waals surface area (Å²) in [7, 11) is 0. The van der Waals surface area contributed by atoms with Gasteiger partial charge in [0.05, 0.1) is 40.4 Å². The Bertz CT molecular complexity index is 1190. The number of rotatable bonds is 10. The molecule has 0 saturated carbocycles. The fourth-order valence-corrected chi connectivity index (χ4v) is 5.69. The second-order valence-corrected chi connectivity index (χ2v) is 10.2. The number of anilines is 1. The van der Waals surface area contributed by atoms with Crippen molar-refractivity contribution in [2.45, 2.75) is 28.7 Å². The lowest BCUT2D eigenvalue weighted by atomic mass is 10.3. The van der Waals surface area contributed by atoms with E-state index in [2.05, 4.69) is 25.5 Å². The van der Waals surface area contributed by atoms with E-state index in [-0.39, 0.29) is 24.1 Å². The number of nitrogens with zero attached hydrogens (tertiary/aromatic N) is 4. The van der Waals surface area contributed by atoms with Gasteiger partial charge >= 0.3 is 5.97 Å². The van der Waals surface area contributed by atoms with Gasteiger partial charge in [0.15, 0.2) is 9.47 Å². The van der Waals surface area contributed by atoms with Crippen molar-refractivity contribution < 1.29 is 18.7 Å². The number of thioether (sulfide) groups is 2. The summed E-state index contributed by atoms with van der Waals surface area (Å²) < 4.78 is 12.6. The van der Waals surface area contributed by atoms with Gasteiger partial charge in [-0.25, -0.2) is 9.97 Å². The van der Waals surface area contributed by atoms with Gasteiger partial charge < -0.3 is 14.5 Å². The number of benzene rings is 1. The van der Waals surface area contributed by atoms with Crippen molar-refractivity contribution in [2.75, 3.05) is 17.7 Å². The summed E-state index contributed by atoms with van der Waals surface area (Å²) in [4.78, 5) is 32.4. The molecule has 1 N–H and O–H groups in total. The fourth-order valence-electron chi connectivity index (χ4n) is 2.48. The van der Waals surface area contributed by atoms with E-state index in [1.54, 1.807) is 23.6 Å². The lowest BCUT2D eigenvalue weighted by Crippen LogP contribution is -2.14. The van der Waals surface area contributed by atoms with Gasteiger partial charge in [-0.2, -0.15) is 0 Å². The third kappa shape index (κ3) is 6.28. The highest BCUT2D eigenvalue weighted by molar-refractivity contribution is 8.00. The first-order valence-corrected chi connectivity index (χ1v) is 13.1. The van der Waals surface area contributed by atoms with Crippen molar-refractivity contribution >= 4 is 73.4 Å². The molecular weight excluding hydrogens is 491 g/mol. The maximum Gasteiger partial charge on any atom is 0.311 e. The number of hydrogen-bond acceptors (Lipinski definition) is 12. The van der Waals surface area contributed by atoms with Crippen LogP contribution in [0.25, 0.3) is 10.2 Å². The molecule has 0 atom stereocenters. The van der Waals surface area contributed by atoms with E-state index in [0.717, 1.165) is 26.3 Å². The summed E-state index contributed by atoms with van der Waals surface area (Å²) in [5.41, 5.74) is 1.53. The van der Waals surface area contributed by atoms with Crippen molar-refractivity contribution in [3.63, 3.8) is 0 Å². The van der Waals surface area contributed by atoms with Crippen LogP contribution in [0.5, 0.6) is 0 Å². The number of ether oxygens (including phenoxy) is 1. The van der Waals surface area contributed by atoms with Gasteiger partial charge in [0, 0.05) is 5.38 Å². The molecule has 0 bridgehead atoms. The molecule has 0 fully saturated rings. The third-order valence-electron chi connectivity index (χ3n) is 3.80. The number of aromatic nitrogens is 4. The van der Waals surface area contributed by atoms with Crippen LogP contribution in [0, 0.1) is 0 Å². The number of esters is 1. The molecule has 0 unspecified atom stereocenters. The Balaban J connectivity index is 1.22. The van der Waals surface area contributed by atoms with Crippen LogP contribution >= 0.6 is 46.2 Å². The third-order valence-corrected chi connectivity index (χ3v) is 7.59. The van der Waals surface area contributed by atoms with Crippen molar-refractivity contribution in [3.8, 4) is 0 Å². The predicted octanol–water partition coefficient (Wildman–Crippen LogP) is 4.26. The van der Waals surface area contributed by atoms with Gasteiger partial charge in [-0.05, 0) is 19.1 Å². The normalized spacial score (nSPS) is 11.0. The zero-order valence-electron chi connectivity index (χ0n) is 16.8. The number of nitrogens with one attached hydrogen (secondary N) is 1. The smallest absolute Gasteiger partial charge is 0.311 e. The highest BCUT2D eigenvalue weighted by atomic mass is 32.2. The van der Waals surface area contributed by atoms with Gasteiger partial charge in [-0.3, -0.25) is 9.59 Å². The van der Waals surface area contributed by atoms with Crippen molar-refractivity contribution in [1.29, 1.82) is 0 Å². The summed E-state index contributed by atoms with van der Waals surface area (Å²) in [5.74, 6) is 0.470. The van der Waals surface area contributed by atoms with Crippen molar-refractivity contribution in [1.82, 2.24) is 20.2 Å². The van der Waals surface area contributed by atoms with E-state index < -0.39 is 0 Å². The first kappa shape index (κ1) is 22.7. The molecule has 3 heterocycles. The standard InChI is InChI=1S/C19H17N5O4S4/c1-2-27-16(26)7-11-8-29-17(20-11)22-14(25)9-30-18-24-23-15(28-18)10-31-19-21-12-5-3-4-6-13(12)32-19/h3-6,8H,2,7,9-10H2,1H3,(H,20,22,25). The Labute approximate surface area is 199 Å². The lowest BCUT2D eigenvalue weighted by Gasteiger charge is -2.00. The van der Waals surface area contributed by atoms with Crippen LogP contribution in [0.2, 0.25) is 0 Å². The van der Waals surface area contributed by atoms with Crippen LogP contribution in [0.15, 0.2) is 43.6 Å². The largest absolute Gasteiger partial charge is 0.466 e. The van der Waals surface area contributed by atoms with Gasteiger partial charge in [0.2, 0.25) is 11.8 Å². The summed E-state index contributed by atoms with van der Waals surface area (Å²) in [6.45, 7) is 2.07. The Morgan fingerprint density at radius 3 is 2.91 bits per heavy atom. The molecule has 1 aromatic carbocycles. The van der Waals surface area contributed by atoms with Gasteiger partial charge in [0.25, 0.3) is 5.22 Å². The van der Waals surface area contributed by atoms with Crippen LogP contribution in [0.4, 0.5) is 5.13 Å². The van der Waals surface area contributed by atoms with Crippen molar-refractivity contribution in [2.24, 2.45) is 0 Å². The zero-order chi connectivity index (χ0) is 22.3. The summed E-state index contributed by atoms with van der Waals surface area (Å²) in [6, 6.07) is 7.97. The molecule has 0 radical (unpaired) electrons. The first-order chi connectivity index (χ1) is 15.6. The molecule has 0 aliphatic heterocycles. The van der Waals surface area contributed by atoms with Crippen LogP contribution in [0.1, 0.15) is 18.5 Å². The fraction of sp³-hybridized carbons (Fsp3) is 0.263. The molecule has 166 valence electrons. The highest BCUT2D eigenvalue weighted by Crippen LogP contribution is 2.31. The van der Waals surface area contributed by atoms with E-state index >= 15 is 0 Å². The minimum atomic E-state index is -0.347. The molecule has 13 heteroatoms. The SMILES string of the molecule is CCOC(=O)Cc1csc(NC(=O)CSc2nnc(CSc3nc4ccccc4s3)o2)n1. The molecule has 0 aliphatic carbocycles. The maximum atomic E-state index is 12.2. The molecule has 1 amide bonds. The van der Waals surface area contributed by atoms with Crippen LogP contribution in [0.3, 0.4) is 0 Å². The Hall–Kier alpha value is -2.48. The average Bonchev–Trinajstić information content (AvgIpc) is 3.50. The van der Waals surface area contributed by atoms with E-state index in [1.807, 2.05) is 24.3 Å². The molecular formula is C19H17N5O4S4. The van der Waals surface area contributed by atoms with E-state index in [0.29, 0.717) is 34.3 Å². The van der Waals surface area contributed by atoms with E-state index in [4.69, 9.17) is 9.15 Å². The second-order valence-electron chi connectivity index (χ2n) is 6.16. The summed E-state index contributed by atoms with van der Waals surface area (Å²) in [5, 5.41) is 13.2. The number of para-hydroxylation sites is 1. The molecule has 4 aromatic rings. The van der Waals surface area contributed by atoms with Crippen LogP contribution < -0.4 is 5.32 Å². The lowest BCUT2D eigenvalue weighted by molar-refractivity contribution is -0.142. The molecule has 9 nitrogen and oxygen atoms in total. The van der Waals surface area contributed by atoms with Gasteiger partial charge in [-0.1, -0.05) is 35.7 Å². The topological polar surface area (TPSA) is 120 Å². The Morgan fingerprint density at radius 2 is 2.06 bits per heavy atom. The number of thiazole rings is 2. The zero-order valence-corrected chi connectivity index (χ0v) is 20.0. The summed E-state index contributed by atoms with van der Waals surface area (Å²) >= 11 is 5.55. The van der Waals surface area contributed by atoms with E-state index in [9.17, 15) is 9.59 Å². The predicted molar refractivity (Wildman–Crippen MR) is 125 cm³/mol.